The number of para-hydroxylation sites is 1. The molecule has 2 aromatic rings. The van der Waals surface area contributed by atoms with Gasteiger partial charge in [0.25, 0.3) is 0 Å². The number of nitriles is 1. The molecule has 11 nitrogen and oxygen atoms in total. The number of nitrogens with zero attached hydrogens (tertiary/aromatic N) is 3. The Labute approximate surface area is 249 Å². The molecule has 2 aromatic carbocycles. The van der Waals surface area contributed by atoms with Gasteiger partial charge < -0.3 is 30.2 Å². The highest BCUT2D eigenvalue weighted by atomic mass is 19.1. The Kier molecular flexibility index (Phi) is 8.94. The van der Waals surface area contributed by atoms with Crippen LogP contribution in [-0.2, 0) is 23.8 Å². The summed E-state index contributed by atoms with van der Waals surface area (Å²) in [6.07, 6.45) is -0.0565. The van der Waals surface area contributed by atoms with E-state index in [4.69, 9.17) is 19.9 Å². The molecule has 4 rings (SSSR count). The van der Waals surface area contributed by atoms with E-state index in [1.807, 2.05) is 4.90 Å². The maximum absolute atomic E-state index is 15.9. The zero-order valence-corrected chi connectivity index (χ0v) is 24.6. The first-order valence-corrected chi connectivity index (χ1v) is 13.6. The molecule has 226 valence electrons. The number of benzene rings is 2. The quantitative estimate of drug-likeness (QED) is 0.375. The molecule has 2 atom stereocenters. The Balaban J connectivity index is 1.87. The van der Waals surface area contributed by atoms with E-state index in [0.717, 1.165) is 19.1 Å². The molecule has 1 saturated heterocycles. The fraction of sp³-hybridized carbons (Fsp3) is 0.355. The summed E-state index contributed by atoms with van der Waals surface area (Å²) in [5.41, 5.74) is 5.87. The van der Waals surface area contributed by atoms with Crippen molar-refractivity contribution < 1.29 is 33.0 Å². The molecule has 1 fully saturated rings. The van der Waals surface area contributed by atoms with Gasteiger partial charge in [-0.3, -0.25) is 4.90 Å². The summed E-state index contributed by atoms with van der Waals surface area (Å²) >= 11 is 0. The normalized spacial score (nSPS) is 18.7. The fourth-order valence-electron chi connectivity index (χ4n) is 5.30. The Hall–Kier alpha value is -5.05. The lowest BCUT2D eigenvalue weighted by molar-refractivity contribution is -0.139. The molecule has 43 heavy (non-hydrogen) atoms. The number of hydrogen-bond acceptors (Lipinski definition) is 10. The van der Waals surface area contributed by atoms with E-state index in [1.54, 1.807) is 57.2 Å². The third-order valence-corrected chi connectivity index (χ3v) is 7.05. The molecule has 0 aromatic heterocycles. The van der Waals surface area contributed by atoms with Crippen molar-refractivity contribution in [2.45, 2.75) is 44.8 Å². The molecule has 0 radical (unpaired) electrons. The van der Waals surface area contributed by atoms with E-state index < -0.39 is 35.4 Å². The maximum atomic E-state index is 15.9. The number of carbonyl (C=O) groups is 3. The first kappa shape index (κ1) is 30.9. The summed E-state index contributed by atoms with van der Waals surface area (Å²) in [5.74, 6) is -4.02. The fourth-order valence-corrected chi connectivity index (χ4v) is 5.30. The van der Waals surface area contributed by atoms with Gasteiger partial charge in [0, 0.05) is 13.1 Å². The molecule has 0 saturated carbocycles. The molecule has 2 unspecified atom stereocenters. The average Bonchev–Trinajstić information content (AvgIpc) is 3.43. The second-order valence-corrected chi connectivity index (χ2v) is 11.0. The third kappa shape index (κ3) is 6.25. The van der Waals surface area contributed by atoms with Crippen LogP contribution in [0.3, 0.4) is 0 Å². The summed E-state index contributed by atoms with van der Waals surface area (Å²) in [5, 5.41) is 13.1. The Morgan fingerprint density at radius 2 is 1.72 bits per heavy atom. The first-order chi connectivity index (χ1) is 20.4. The monoisotopic (exact) mass is 591 g/mol. The van der Waals surface area contributed by atoms with Gasteiger partial charge in [-0.2, -0.15) is 5.26 Å². The van der Waals surface area contributed by atoms with Crippen molar-refractivity contribution in [2.24, 2.45) is 5.73 Å². The van der Waals surface area contributed by atoms with Crippen molar-refractivity contribution in [1.29, 1.82) is 5.26 Å². The van der Waals surface area contributed by atoms with E-state index in [2.05, 4.69) is 11.4 Å². The molecular weight excluding hydrogens is 557 g/mol. The van der Waals surface area contributed by atoms with Crippen molar-refractivity contribution in [3.8, 4) is 6.07 Å². The van der Waals surface area contributed by atoms with E-state index in [0.29, 0.717) is 24.2 Å². The van der Waals surface area contributed by atoms with Crippen LogP contribution in [0.5, 0.6) is 0 Å². The lowest BCUT2D eigenvalue weighted by atomic mass is 9.81. The molecule has 0 aliphatic carbocycles. The van der Waals surface area contributed by atoms with Gasteiger partial charge in [0.1, 0.15) is 28.6 Å². The molecule has 0 spiro atoms. The van der Waals surface area contributed by atoms with E-state index in [-0.39, 0.29) is 40.9 Å². The van der Waals surface area contributed by atoms with Gasteiger partial charge >= 0.3 is 18.0 Å². The number of nitrogens with one attached hydrogen (secondary N) is 1. The van der Waals surface area contributed by atoms with Gasteiger partial charge in [0.15, 0.2) is 0 Å². The maximum Gasteiger partial charge on any atom is 0.407 e. The molecule has 3 N–H and O–H groups in total. The van der Waals surface area contributed by atoms with Crippen LogP contribution in [0, 0.1) is 17.1 Å². The Morgan fingerprint density at radius 3 is 2.33 bits per heavy atom. The van der Waals surface area contributed by atoms with E-state index in [1.165, 1.54) is 12.1 Å². The molecule has 0 bridgehead atoms. The highest BCUT2D eigenvalue weighted by molar-refractivity contribution is 6.07. The minimum Gasteiger partial charge on any atom is -0.466 e. The van der Waals surface area contributed by atoms with Crippen LogP contribution >= 0.6 is 0 Å². The number of rotatable bonds is 6. The van der Waals surface area contributed by atoms with Crippen LogP contribution in [0.15, 0.2) is 71.2 Å². The summed E-state index contributed by atoms with van der Waals surface area (Å²) in [6.45, 7) is 5.97. The van der Waals surface area contributed by atoms with Gasteiger partial charge in [-0.05, 0) is 44.9 Å². The number of methoxy groups -OCH3 is 2. The van der Waals surface area contributed by atoms with Crippen LogP contribution in [0.25, 0.3) is 0 Å². The number of amides is 1. The van der Waals surface area contributed by atoms with Gasteiger partial charge in [-0.25, -0.2) is 18.8 Å². The van der Waals surface area contributed by atoms with Crippen LogP contribution in [0.2, 0.25) is 0 Å². The van der Waals surface area contributed by atoms with Gasteiger partial charge in [-0.1, -0.05) is 36.4 Å². The average molecular weight is 592 g/mol. The largest absolute Gasteiger partial charge is 0.466 e. The summed E-state index contributed by atoms with van der Waals surface area (Å²) < 4.78 is 31.4. The van der Waals surface area contributed by atoms with Crippen molar-refractivity contribution in [2.75, 3.05) is 37.1 Å². The SMILES string of the molecule is COC(=O)C1=C(C(=O)OC)N(c2c(F)cccc2N2CCC(NC(=O)OC(C)(C)C)C2)C(N)=C(C#N)C1c1ccccc1. The van der Waals surface area contributed by atoms with Crippen molar-refractivity contribution in [3.05, 3.63) is 82.6 Å². The van der Waals surface area contributed by atoms with Gasteiger partial charge in [-0.15, -0.1) is 0 Å². The molecule has 12 heteroatoms. The predicted octanol–water partition coefficient (Wildman–Crippen LogP) is 3.83. The summed E-state index contributed by atoms with van der Waals surface area (Å²) in [6, 6.07) is 14.6. The molecule has 1 amide bonds. The van der Waals surface area contributed by atoms with E-state index in [9.17, 15) is 19.6 Å². The number of halogens is 1. The highest BCUT2D eigenvalue weighted by Gasteiger charge is 2.44. The Bertz CT molecular complexity index is 1530. The van der Waals surface area contributed by atoms with Gasteiger partial charge in [0.2, 0.25) is 0 Å². The number of ether oxygens (including phenoxy) is 3. The lowest BCUT2D eigenvalue weighted by Gasteiger charge is -2.37. The number of nitrogens with two attached hydrogens (primary N) is 1. The van der Waals surface area contributed by atoms with Crippen LogP contribution in [0.4, 0.5) is 20.6 Å². The highest BCUT2D eigenvalue weighted by Crippen LogP contribution is 2.46. The van der Waals surface area contributed by atoms with Gasteiger partial charge in [0.05, 0.1) is 49.1 Å². The number of alkyl carbamates (subject to hydrolysis) is 1. The van der Waals surface area contributed by atoms with Crippen LogP contribution in [-0.4, -0.2) is 57.0 Å². The first-order valence-electron chi connectivity index (χ1n) is 13.6. The third-order valence-electron chi connectivity index (χ3n) is 7.05. The number of allylic oxidation sites excluding steroid dienone is 1. The van der Waals surface area contributed by atoms with Crippen molar-refractivity contribution in [3.63, 3.8) is 0 Å². The minimum atomic E-state index is -1.09. The topological polar surface area (TPSA) is 147 Å². The number of hydrogen-bond donors (Lipinski definition) is 2. The standard InChI is InChI=1S/C31H34FN5O6/c1-31(2,3)43-30(40)35-19-14-15-36(17-19)22-13-9-12-21(32)25(22)37-26(29(39)42-5)24(28(38)41-4)23(20(16-33)27(37)34)18-10-7-6-8-11-18/h6-13,19,23H,14-15,17,34H2,1-5H3,(H,35,40). The minimum absolute atomic E-state index is 0.0839. The van der Waals surface area contributed by atoms with E-state index >= 15 is 4.39 Å². The number of anilines is 2. The van der Waals surface area contributed by atoms with Crippen LogP contribution < -0.4 is 20.9 Å². The smallest absolute Gasteiger partial charge is 0.407 e. The second-order valence-electron chi connectivity index (χ2n) is 11.0. The zero-order chi connectivity index (χ0) is 31.5. The molecule has 2 aliphatic rings. The molecule has 2 heterocycles. The number of carbonyl (C=O) groups excluding carboxylic acids is 3. The molecule has 2 aliphatic heterocycles. The van der Waals surface area contributed by atoms with Crippen molar-refractivity contribution in [1.82, 2.24) is 5.32 Å². The van der Waals surface area contributed by atoms with Crippen LogP contribution in [0.1, 0.15) is 38.7 Å². The lowest BCUT2D eigenvalue weighted by Crippen LogP contribution is -2.42. The summed E-state index contributed by atoms with van der Waals surface area (Å²) in [7, 11) is 2.26. The number of esters is 2. The van der Waals surface area contributed by atoms with Crippen molar-refractivity contribution >= 4 is 29.4 Å². The zero-order valence-electron chi connectivity index (χ0n) is 24.6. The Morgan fingerprint density at radius 1 is 1.05 bits per heavy atom. The summed E-state index contributed by atoms with van der Waals surface area (Å²) in [4.78, 5) is 42.1. The molecular formula is C31H34FN5O6. The second kappa shape index (κ2) is 12.4. The predicted molar refractivity (Wildman–Crippen MR) is 156 cm³/mol.